The van der Waals surface area contributed by atoms with Crippen LogP contribution in [-0.4, -0.2) is 40.0 Å². The molecule has 0 aliphatic heterocycles. The topological polar surface area (TPSA) is 117 Å². The molecule has 6 rings (SSSR count). The Kier molecular flexibility index (Phi) is 10.8. The zero-order chi connectivity index (χ0) is 28.4. The average molecular weight is 671 g/mol. The second-order valence-electron chi connectivity index (χ2n) is 10.8. The molecule has 7 atom stereocenters. The van der Waals surface area contributed by atoms with Crippen molar-refractivity contribution in [1.82, 2.24) is 9.97 Å². The van der Waals surface area contributed by atoms with Gasteiger partial charge in [0.15, 0.2) is 10.1 Å². The number of aromatic nitrogens is 2. The number of carbonyl (C=O) groups excluding carboxylic acids is 2. The van der Waals surface area contributed by atoms with Crippen LogP contribution in [0.25, 0.3) is 11.4 Å². The van der Waals surface area contributed by atoms with Crippen LogP contribution in [0.5, 0.6) is 0 Å². The molecule has 4 bridgehead atoms. The van der Waals surface area contributed by atoms with Crippen LogP contribution in [0.3, 0.4) is 0 Å². The van der Waals surface area contributed by atoms with Crippen LogP contribution in [0.15, 0.2) is 48.8 Å². The first-order valence-corrected chi connectivity index (χ1v) is 14.5. The predicted molar refractivity (Wildman–Crippen MR) is 135 cm³/mol. The standard InChI is InChI=1S/C17H23O2.C10H8N2.CHF3O3S.Pd/c1-9(18)15-12-4-5-13(8-12)16(15)17(19)14-7-10-2-3-11(14)6-10;1-3-7-11-9(5-1)10-6-2-4-8-12-10;2-1(3,4)8(5,6)7;/h7,10-16H,2-6,8H2,1H3;1-8H;(H,5,6,7);/q-1;;;+2/p-1/t10-,11+,12+,13-,14+,15-,16+;;;/m0.../s1. The summed E-state index contributed by atoms with van der Waals surface area (Å²) in [6.07, 6.45) is 13.1. The molecule has 0 spiro atoms. The number of hydrogen-bond acceptors (Lipinski definition) is 7. The quantitative estimate of drug-likeness (QED) is 0.189. The van der Waals surface area contributed by atoms with Gasteiger partial charge in [0.2, 0.25) is 0 Å². The third-order valence-corrected chi connectivity index (χ3v) is 8.99. The zero-order valence-electron chi connectivity index (χ0n) is 21.8. The van der Waals surface area contributed by atoms with E-state index in [0.29, 0.717) is 29.5 Å². The Morgan fingerprint density at radius 1 is 0.875 bits per heavy atom. The predicted octanol–water partition coefficient (Wildman–Crippen LogP) is 5.25. The molecule has 0 saturated heterocycles. The van der Waals surface area contributed by atoms with Crippen molar-refractivity contribution < 1.29 is 56.2 Å². The Bertz CT molecular complexity index is 1230. The number of carbonyl (C=O) groups is 2. The summed E-state index contributed by atoms with van der Waals surface area (Å²) in [5.74, 6) is 3.43. The smallest absolute Gasteiger partial charge is 0.741 e. The number of rotatable bonds is 4. The largest absolute Gasteiger partial charge is 2.00 e. The Morgan fingerprint density at radius 3 is 1.75 bits per heavy atom. The van der Waals surface area contributed by atoms with E-state index in [1.807, 2.05) is 36.4 Å². The second kappa shape index (κ2) is 13.3. The van der Waals surface area contributed by atoms with E-state index in [-0.39, 0.29) is 44.0 Å². The molecule has 40 heavy (non-hydrogen) atoms. The van der Waals surface area contributed by atoms with Crippen molar-refractivity contribution in [2.75, 3.05) is 0 Å². The van der Waals surface area contributed by atoms with Gasteiger partial charge < -0.3 is 15.8 Å². The van der Waals surface area contributed by atoms with Crippen molar-refractivity contribution in [2.24, 2.45) is 41.4 Å². The minimum absolute atomic E-state index is 0. The van der Waals surface area contributed by atoms with E-state index in [0.717, 1.165) is 17.8 Å². The summed E-state index contributed by atoms with van der Waals surface area (Å²) < 4.78 is 58.9. The van der Waals surface area contributed by atoms with Gasteiger partial charge in [-0.15, -0.1) is 5.92 Å². The van der Waals surface area contributed by atoms with Gasteiger partial charge >= 0.3 is 25.9 Å². The summed E-state index contributed by atoms with van der Waals surface area (Å²) in [7, 11) is -6.09. The van der Waals surface area contributed by atoms with Gasteiger partial charge in [-0.05, 0) is 62.3 Å². The van der Waals surface area contributed by atoms with E-state index in [4.69, 9.17) is 13.0 Å². The molecule has 0 radical (unpaired) electrons. The number of ketones is 2. The van der Waals surface area contributed by atoms with Crippen LogP contribution in [0.2, 0.25) is 0 Å². The molecular weight excluding hydrogens is 640 g/mol. The number of fused-ring (bicyclic) bond motifs is 4. The second-order valence-corrected chi connectivity index (χ2v) is 12.2. The molecule has 4 aliphatic carbocycles. The summed E-state index contributed by atoms with van der Waals surface area (Å²) in [5.41, 5.74) is -3.82. The molecule has 7 nitrogen and oxygen atoms in total. The first-order valence-electron chi connectivity index (χ1n) is 13.1. The molecule has 0 unspecified atom stereocenters. The number of pyridine rings is 2. The van der Waals surface area contributed by atoms with Crippen LogP contribution < -0.4 is 0 Å². The van der Waals surface area contributed by atoms with Gasteiger partial charge in [-0.25, -0.2) is 8.42 Å². The molecule has 2 aromatic rings. The Morgan fingerprint density at radius 2 is 1.38 bits per heavy atom. The van der Waals surface area contributed by atoms with Crippen LogP contribution >= 0.6 is 0 Å². The number of alkyl halides is 3. The van der Waals surface area contributed by atoms with Gasteiger partial charge in [0.25, 0.3) is 0 Å². The fourth-order valence-electron chi connectivity index (χ4n) is 6.87. The van der Waals surface area contributed by atoms with Crippen LogP contribution in [-0.2, 0) is 40.1 Å². The molecule has 2 aromatic heterocycles. The summed E-state index contributed by atoms with van der Waals surface area (Å²) in [5, 5.41) is 0. The number of hydrogen-bond donors (Lipinski definition) is 0. The molecule has 0 aromatic carbocycles. The van der Waals surface area contributed by atoms with Crippen molar-refractivity contribution in [2.45, 2.75) is 51.0 Å². The Labute approximate surface area is 246 Å². The van der Waals surface area contributed by atoms with Crippen molar-refractivity contribution in [3.63, 3.8) is 0 Å². The zero-order valence-corrected chi connectivity index (χ0v) is 24.1. The van der Waals surface area contributed by atoms with Gasteiger partial charge in [0.1, 0.15) is 11.6 Å². The maximum Gasteiger partial charge on any atom is 2.00 e. The van der Waals surface area contributed by atoms with E-state index in [9.17, 15) is 22.8 Å². The average Bonchev–Trinajstić information content (AvgIpc) is 3.70. The van der Waals surface area contributed by atoms with E-state index in [1.165, 1.54) is 32.1 Å². The molecule has 4 saturated carbocycles. The van der Waals surface area contributed by atoms with Crippen molar-refractivity contribution in [3.8, 4) is 11.4 Å². The summed E-state index contributed by atoms with van der Waals surface area (Å²) in [4.78, 5) is 33.3. The normalized spacial score (nSPS) is 29.9. The van der Waals surface area contributed by atoms with E-state index < -0.39 is 15.6 Å². The molecule has 220 valence electrons. The molecule has 12 heteroatoms. The molecule has 4 aliphatic rings. The Hall–Kier alpha value is -2.00. The summed E-state index contributed by atoms with van der Waals surface area (Å²) >= 11 is 0. The monoisotopic (exact) mass is 670 g/mol. The minimum atomic E-state index is -6.09. The van der Waals surface area contributed by atoms with Gasteiger partial charge in [-0.2, -0.15) is 19.1 Å². The third-order valence-electron chi connectivity index (χ3n) is 8.42. The maximum absolute atomic E-state index is 13.0. The molecule has 4 fully saturated rings. The first kappa shape index (κ1) is 32.5. The van der Waals surface area contributed by atoms with Crippen molar-refractivity contribution in [3.05, 3.63) is 55.2 Å². The number of halogens is 3. The van der Waals surface area contributed by atoms with E-state index in [2.05, 4.69) is 16.4 Å². The molecular formula is C28H31F3N2O5PdS. The molecule has 0 N–H and O–H groups in total. The van der Waals surface area contributed by atoms with E-state index in [1.54, 1.807) is 19.3 Å². The van der Waals surface area contributed by atoms with E-state index >= 15 is 0 Å². The van der Waals surface area contributed by atoms with Crippen LogP contribution in [0.1, 0.15) is 45.4 Å². The van der Waals surface area contributed by atoms with Gasteiger partial charge in [0.05, 0.1) is 11.4 Å². The van der Waals surface area contributed by atoms with Gasteiger partial charge in [-0.1, -0.05) is 37.3 Å². The fraction of sp³-hybridized carbons (Fsp3) is 0.536. The molecule has 2 heterocycles. The molecule has 0 amide bonds. The van der Waals surface area contributed by atoms with Gasteiger partial charge in [-0.3, -0.25) is 14.8 Å². The van der Waals surface area contributed by atoms with Crippen molar-refractivity contribution in [1.29, 1.82) is 0 Å². The number of nitrogens with zero attached hydrogens (tertiary/aromatic N) is 2. The first-order chi connectivity index (χ1) is 18.4. The Balaban J connectivity index is 0.000000182. The SMILES string of the molecule is CC(=O)[C@H]1[C@@H]2CC[C@@H](C2)[C@H]1C(=O)[C@@H]1[CH-][C@H]2CC[C@@H]1C2.O=S(=O)([O-])C(F)(F)F.[Pd+2].c1ccc(-c2ccccn2)nc1. The number of Topliss-reactive ketones (excluding diaryl/α,β-unsaturated/α-hetero) is 2. The maximum atomic E-state index is 13.0. The minimum Gasteiger partial charge on any atom is -0.741 e. The van der Waals surface area contributed by atoms with Crippen LogP contribution in [0.4, 0.5) is 13.2 Å². The third kappa shape index (κ3) is 7.44. The fourth-order valence-corrected chi connectivity index (χ4v) is 6.87. The summed E-state index contributed by atoms with van der Waals surface area (Å²) in [6, 6.07) is 11.6. The van der Waals surface area contributed by atoms with Crippen molar-refractivity contribution >= 4 is 21.7 Å². The van der Waals surface area contributed by atoms with Crippen LogP contribution in [0, 0.1) is 47.8 Å². The van der Waals surface area contributed by atoms with Gasteiger partial charge in [0, 0.05) is 24.2 Å². The summed E-state index contributed by atoms with van der Waals surface area (Å²) in [6.45, 7) is 1.70.